The lowest BCUT2D eigenvalue weighted by atomic mass is 10.2. The van der Waals surface area contributed by atoms with E-state index in [9.17, 15) is 8.42 Å². The molecule has 1 saturated carbocycles. The standard InChI is InChI=1S/C14H16ClNO2S/c1-10-14(19(15,17)18)12-4-2-3-5-13(12)16(10)9-8-11-6-7-11/h2-5,11H,6-9H2,1H3. The second-order valence-corrected chi connectivity index (χ2v) is 7.76. The molecule has 0 atom stereocenters. The van der Waals surface area contributed by atoms with E-state index in [-0.39, 0.29) is 4.90 Å². The SMILES string of the molecule is Cc1c(S(=O)(=O)Cl)c2ccccc2n1CCC1CC1. The predicted molar refractivity (Wildman–Crippen MR) is 77.1 cm³/mol. The maximum Gasteiger partial charge on any atom is 0.263 e. The van der Waals surface area contributed by atoms with E-state index in [2.05, 4.69) is 4.57 Å². The Bertz CT molecular complexity index is 729. The molecule has 2 aromatic rings. The highest BCUT2D eigenvalue weighted by atomic mass is 35.7. The Morgan fingerprint density at radius 3 is 2.63 bits per heavy atom. The molecule has 0 N–H and O–H groups in total. The van der Waals surface area contributed by atoms with E-state index in [4.69, 9.17) is 10.7 Å². The number of nitrogens with zero attached hydrogens (tertiary/aromatic N) is 1. The fraction of sp³-hybridized carbons (Fsp3) is 0.429. The number of halogens is 1. The molecule has 19 heavy (non-hydrogen) atoms. The summed E-state index contributed by atoms with van der Waals surface area (Å²) in [5.41, 5.74) is 1.71. The van der Waals surface area contributed by atoms with Crippen molar-refractivity contribution in [1.29, 1.82) is 0 Å². The van der Waals surface area contributed by atoms with Gasteiger partial charge in [-0.25, -0.2) is 8.42 Å². The van der Waals surface area contributed by atoms with Gasteiger partial charge in [0.25, 0.3) is 9.05 Å². The van der Waals surface area contributed by atoms with Gasteiger partial charge in [-0.15, -0.1) is 0 Å². The summed E-state index contributed by atoms with van der Waals surface area (Å²) < 4.78 is 25.7. The number of para-hydroxylation sites is 1. The van der Waals surface area contributed by atoms with E-state index in [1.165, 1.54) is 12.8 Å². The van der Waals surface area contributed by atoms with Crippen LogP contribution in [0.2, 0.25) is 0 Å². The summed E-state index contributed by atoms with van der Waals surface area (Å²) in [5, 5.41) is 0.728. The van der Waals surface area contributed by atoms with Crippen molar-refractivity contribution in [2.75, 3.05) is 0 Å². The fourth-order valence-electron chi connectivity index (χ4n) is 2.71. The number of fused-ring (bicyclic) bond motifs is 1. The van der Waals surface area contributed by atoms with Gasteiger partial charge in [-0.1, -0.05) is 31.0 Å². The highest BCUT2D eigenvalue weighted by Crippen LogP contribution is 2.36. The maximum absolute atomic E-state index is 11.8. The summed E-state index contributed by atoms with van der Waals surface area (Å²) in [6, 6.07) is 7.56. The number of aryl methyl sites for hydroxylation is 1. The minimum atomic E-state index is -3.71. The zero-order valence-corrected chi connectivity index (χ0v) is 12.3. The first-order valence-corrected chi connectivity index (χ1v) is 8.82. The van der Waals surface area contributed by atoms with Crippen LogP contribution in [0.4, 0.5) is 0 Å². The molecule has 102 valence electrons. The van der Waals surface area contributed by atoms with E-state index >= 15 is 0 Å². The Morgan fingerprint density at radius 1 is 1.32 bits per heavy atom. The average Bonchev–Trinajstić information content (AvgIpc) is 3.09. The highest BCUT2D eigenvalue weighted by molar-refractivity contribution is 8.14. The average molecular weight is 298 g/mol. The molecule has 0 radical (unpaired) electrons. The Hall–Kier alpha value is -1.00. The van der Waals surface area contributed by atoms with E-state index in [0.29, 0.717) is 0 Å². The summed E-state index contributed by atoms with van der Waals surface area (Å²) in [5.74, 6) is 0.816. The largest absolute Gasteiger partial charge is 0.343 e. The zero-order chi connectivity index (χ0) is 13.6. The molecule has 0 amide bonds. The summed E-state index contributed by atoms with van der Waals surface area (Å²) in [4.78, 5) is 0.264. The quantitative estimate of drug-likeness (QED) is 0.808. The molecule has 0 bridgehead atoms. The van der Waals surface area contributed by atoms with Crippen molar-refractivity contribution >= 4 is 30.6 Å². The molecule has 0 spiro atoms. The normalized spacial score (nSPS) is 16.1. The molecule has 0 saturated heterocycles. The summed E-state index contributed by atoms with van der Waals surface area (Å²) in [6.45, 7) is 2.70. The third-order valence-electron chi connectivity index (χ3n) is 3.87. The molecule has 1 aromatic carbocycles. The van der Waals surface area contributed by atoms with Gasteiger partial charge in [-0.05, 0) is 25.3 Å². The third kappa shape index (κ3) is 2.39. The summed E-state index contributed by atoms with van der Waals surface area (Å²) >= 11 is 0. The molecule has 1 aromatic heterocycles. The number of hydrogen-bond acceptors (Lipinski definition) is 2. The lowest BCUT2D eigenvalue weighted by molar-refractivity contribution is 0.592. The van der Waals surface area contributed by atoms with Crippen LogP contribution in [-0.4, -0.2) is 13.0 Å². The Kier molecular flexibility index (Phi) is 3.10. The maximum atomic E-state index is 11.8. The van der Waals surface area contributed by atoms with Gasteiger partial charge < -0.3 is 4.57 Å². The molecule has 3 nitrogen and oxygen atoms in total. The van der Waals surface area contributed by atoms with Crippen LogP contribution >= 0.6 is 10.7 Å². The molecule has 1 aliphatic rings. The van der Waals surface area contributed by atoms with Crippen molar-refractivity contribution < 1.29 is 8.42 Å². The smallest absolute Gasteiger partial charge is 0.263 e. The number of rotatable bonds is 4. The van der Waals surface area contributed by atoms with E-state index in [1.54, 1.807) is 0 Å². The van der Waals surface area contributed by atoms with Crippen LogP contribution in [0, 0.1) is 12.8 Å². The molecule has 1 heterocycles. The molecule has 1 aliphatic carbocycles. The second-order valence-electron chi connectivity index (χ2n) is 5.25. The van der Waals surface area contributed by atoms with Crippen LogP contribution in [-0.2, 0) is 15.6 Å². The van der Waals surface area contributed by atoms with Crippen molar-refractivity contribution in [3.05, 3.63) is 30.0 Å². The Balaban J connectivity index is 2.17. The Labute approximate surface area is 117 Å². The Morgan fingerprint density at radius 2 is 2.00 bits per heavy atom. The number of aromatic nitrogens is 1. The lowest BCUT2D eigenvalue weighted by Gasteiger charge is -2.07. The van der Waals surface area contributed by atoms with Crippen LogP contribution in [0.25, 0.3) is 10.9 Å². The first-order chi connectivity index (χ1) is 8.98. The lowest BCUT2D eigenvalue weighted by Crippen LogP contribution is -2.02. The molecule has 5 heteroatoms. The first-order valence-electron chi connectivity index (χ1n) is 6.51. The molecule has 3 rings (SSSR count). The van der Waals surface area contributed by atoms with Crippen molar-refractivity contribution in [3.63, 3.8) is 0 Å². The molecular weight excluding hydrogens is 282 g/mol. The van der Waals surface area contributed by atoms with Gasteiger partial charge in [-0.3, -0.25) is 0 Å². The van der Waals surface area contributed by atoms with Crippen LogP contribution in [0.15, 0.2) is 29.2 Å². The van der Waals surface area contributed by atoms with Gasteiger partial charge in [-0.2, -0.15) is 0 Å². The van der Waals surface area contributed by atoms with Gasteiger partial charge in [0.2, 0.25) is 0 Å². The predicted octanol–water partition coefficient (Wildman–Crippen LogP) is 3.68. The van der Waals surface area contributed by atoms with Gasteiger partial charge >= 0.3 is 0 Å². The van der Waals surface area contributed by atoms with E-state index in [1.807, 2.05) is 31.2 Å². The molecule has 0 aliphatic heterocycles. The minimum Gasteiger partial charge on any atom is -0.343 e. The summed E-state index contributed by atoms with van der Waals surface area (Å²) in [7, 11) is 1.88. The van der Waals surface area contributed by atoms with Gasteiger partial charge in [0.1, 0.15) is 4.90 Å². The topological polar surface area (TPSA) is 39.1 Å². The monoisotopic (exact) mass is 297 g/mol. The molecule has 1 fully saturated rings. The second kappa shape index (κ2) is 4.53. The van der Waals surface area contributed by atoms with Crippen molar-refractivity contribution in [2.24, 2.45) is 5.92 Å². The van der Waals surface area contributed by atoms with Crippen LogP contribution in [0.5, 0.6) is 0 Å². The number of benzene rings is 1. The fourth-order valence-corrected chi connectivity index (χ4v) is 4.20. The molecule has 0 unspecified atom stereocenters. The van der Waals surface area contributed by atoms with Crippen LogP contribution < -0.4 is 0 Å². The first kappa shape index (κ1) is 13.0. The van der Waals surface area contributed by atoms with Crippen LogP contribution in [0.3, 0.4) is 0 Å². The van der Waals surface area contributed by atoms with Gasteiger partial charge in [0.05, 0.1) is 0 Å². The van der Waals surface area contributed by atoms with Crippen molar-refractivity contribution in [2.45, 2.75) is 37.6 Å². The van der Waals surface area contributed by atoms with E-state index in [0.717, 1.165) is 35.5 Å². The van der Waals surface area contributed by atoms with Crippen molar-refractivity contribution in [3.8, 4) is 0 Å². The van der Waals surface area contributed by atoms with Gasteiger partial charge in [0.15, 0.2) is 0 Å². The highest BCUT2D eigenvalue weighted by Gasteiger charge is 2.25. The summed E-state index contributed by atoms with van der Waals surface area (Å²) in [6.07, 6.45) is 3.72. The number of hydrogen-bond donors (Lipinski definition) is 0. The van der Waals surface area contributed by atoms with Crippen molar-refractivity contribution in [1.82, 2.24) is 4.57 Å². The molecular formula is C14H16ClNO2S. The van der Waals surface area contributed by atoms with Crippen LogP contribution in [0.1, 0.15) is 25.0 Å². The third-order valence-corrected chi connectivity index (χ3v) is 5.34. The minimum absolute atomic E-state index is 0.264. The van der Waals surface area contributed by atoms with E-state index < -0.39 is 9.05 Å². The zero-order valence-electron chi connectivity index (χ0n) is 10.8. The van der Waals surface area contributed by atoms with Gasteiger partial charge in [0, 0.05) is 33.8 Å².